The second-order valence-corrected chi connectivity index (χ2v) is 5.40. The summed E-state index contributed by atoms with van der Waals surface area (Å²) in [5.74, 6) is 0.284. The quantitative estimate of drug-likeness (QED) is 0.577. The molecule has 0 bridgehead atoms. The molecule has 0 saturated carbocycles. The molecule has 0 aliphatic carbocycles. The maximum atomic E-state index is 12.5. The Hall–Kier alpha value is -2.41. The highest BCUT2D eigenvalue weighted by Crippen LogP contribution is 2.18. The molecule has 0 aliphatic rings. The van der Waals surface area contributed by atoms with Gasteiger partial charge in [-0.1, -0.05) is 0 Å². The molecule has 2 heterocycles. The number of aryl methyl sites for hydroxylation is 1. The van der Waals surface area contributed by atoms with E-state index >= 15 is 0 Å². The molecular weight excluding hydrogens is 312 g/mol. The fraction of sp³-hybridized carbons (Fsp3) is 0.471. The van der Waals surface area contributed by atoms with Gasteiger partial charge in [-0.25, -0.2) is 4.98 Å². The lowest BCUT2D eigenvalue weighted by Gasteiger charge is -2.11. The number of carbonyl (C=O) groups excluding carboxylic acids is 1. The number of rotatable bonds is 8. The minimum Gasteiger partial charge on any atom is -0.490 e. The summed E-state index contributed by atoms with van der Waals surface area (Å²) in [6.07, 6.45) is 3.64. The SMILES string of the molecule is COC(=O)CCCCOc1cccn2c(=O)c(CCO)c(C)nc12. The van der Waals surface area contributed by atoms with Gasteiger partial charge < -0.3 is 14.6 Å². The Morgan fingerprint density at radius 2 is 2.17 bits per heavy atom. The van der Waals surface area contributed by atoms with Crippen LogP contribution < -0.4 is 10.3 Å². The molecule has 7 nitrogen and oxygen atoms in total. The van der Waals surface area contributed by atoms with Crippen molar-refractivity contribution < 1.29 is 19.4 Å². The number of aliphatic hydroxyl groups is 1. The van der Waals surface area contributed by atoms with Crippen molar-refractivity contribution in [1.82, 2.24) is 9.38 Å². The van der Waals surface area contributed by atoms with E-state index in [4.69, 9.17) is 9.84 Å². The largest absolute Gasteiger partial charge is 0.490 e. The van der Waals surface area contributed by atoms with Crippen LogP contribution >= 0.6 is 0 Å². The molecule has 0 saturated heterocycles. The van der Waals surface area contributed by atoms with Crippen molar-refractivity contribution in [2.24, 2.45) is 0 Å². The molecule has 0 radical (unpaired) electrons. The van der Waals surface area contributed by atoms with Crippen LogP contribution in [0.5, 0.6) is 5.75 Å². The zero-order valence-electron chi connectivity index (χ0n) is 13.9. The van der Waals surface area contributed by atoms with Crippen molar-refractivity contribution in [3.63, 3.8) is 0 Å². The van der Waals surface area contributed by atoms with Gasteiger partial charge in [0.15, 0.2) is 11.4 Å². The summed E-state index contributed by atoms with van der Waals surface area (Å²) in [4.78, 5) is 28.0. The first-order chi connectivity index (χ1) is 11.6. The summed E-state index contributed by atoms with van der Waals surface area (Å²) in [5, 5.41) is 9.09. The first kappa shape index (κ1) is 17.9. The standard InChI is InChI=1S/C17H22N2O5/c1-12-13(8-10-20)17(22)19-9-5-6-14(16(19)18-12)24-11-4-3-7-15(21)23-2/h5-6,9,20H,3-4,7-8,10-11H2,1-2H3. The zero-order chi connectivity index (χ0) is 17.5. The number of hydrogen-bond donors (Lipinski definition) is 1. The van der Waals surface area contributed by atoms with Gasteiger partial charge in [0, 0.05) is 36.9 Å². The fourth-order valence-corrected chi connectivity index (χ4v) is 2.45. The van der Waals surface area contributed by atoms with Crippen molar-refractivity contribution in [2.75, 3.05) is 20.3 Å². The van der Waals surface area contributed by atoms with E-state index in [2.05, 4.69) is 9.72 Å². The second-order valence-electron chi connectivity index (χ2n) is 5.40. The van der Waals surface area contributed by atoms with E-state index in [1.54, 1.807) is 25.3 Å². The summed E-state index contributed by atoms with van der Waals surface area (Å²) < 4.78 is 11.7. The molecule has 1 N–H and O–H groups in total. The molecule has 2 aromatic heterocycles. The smallest absolute Gasteiger partial charge is 0.305 e. The van der Waals surface area contributed by atoms with Crippen LogP contribution in [0.15, 0.2) is 23.1 Å². The van der Waals surface area contributed by atoms with E-state index in [-0.39, 0.29) is 24.6 Å². The number of carbonyl (C=O) groups is 1. The number of hydrogen-bond acceptors (Lipinski definition) is 6. The maximum Gasteiger partial charge on any atom is 0.305 e. The molecule has 0 atom stereocenters. The van der Waals surface area contributed by atoms with E-state index in [1.807, 2.05) is 0 Å². The lowest BCUT2D eigenvalue weighted by Crippen LogP contribution is -2.22. The average Bonchev–Trinajstić information content (AvgIpc) is 2.58. The Bertz CT molecular complexity index is 769. The number of esters is 1. The predicted molar refractivity (Wildman–Crippen MR) is 88.4 cm³/mol. The van der Waals surface area contributed by atoms with Gasteiger partial charge in [0.2, 0.25) is 0 Å². The van der Waals surface area contributed by atoms with Crippen molar-refractivity contribution in [3.8, 4) is 5.75 Å². The number of fused-ring (bicyclic) bond motifs is 1. The highest BCUT2D eigenvalue weighted by Gasteiger charge is 2.12. The van der Waals surface area contributed by atoms with Gasteiger partial charge in [-0.05, 0) is 31.9 Å². The highest BCUT2D eigenvalue weighted by atomic mass is 16.5. The van der Waals surface area contributed by atoms with Gasteiger partial charge in [-0.15, -0.1) is 0 Å². The fourth-order valence-electron chi connectivity index (χ4n) is 2.45. The van der Waals surface area contributed by atoms with Crippen molar-refractivity contribution >= 4 is 11.6 Å². The molecular formula is C17H22N2O5. The van der Waals surface area contributed by atoms with E-state index in [9.17, 15) is 9.59 Å². The van der Waals surface area contributed by atoms with Crippen LogP contribution in [-0.4, -0.2) is 40.8 Å². The van der Waals surface area contributed by atoms with Crippen LogP contribution in [0.3, 0.4) is 0 Å². The normalized spacial score (nSPS) is 10.8. The van der Waals surface area contributed by atoms with E-state index in [0.717, 1.165) is 0 Å². The first-order valence-corrected chi connectivity index (χ1v) is 7.89. The molecule has 130 valence electrons. The molecule has 0 spiro atoms. The van der Waals surface area contributed by atoms with Crippen LogP contribution in [0, 0.1) is 6.92 Å². The van der Waals surface area contributed by atoms with Gasteiger partial charge >= 0.3 is 5.97 Å². The third-order valence-electron chi connectivity index (χ3n) is 3.74. The van der Waals surface area contributed by atoms with Crippen LogP contribution in [0.4, 0.5) is 0 Å². The molecule has 0 fully saturated rings. The van der Waals surface area contributed by atoms with Gasteiger partial charge in [-0.2, -0.15) is 0 Å². The number of pyridine rings is 1. The number of aliphatic hydroxyl groups excluding tert-OH is 1. The Morgan fingerprint density at radius 3 is 2.88 bits per heavy atom. The number of methoxy groups -OCH3 is 1. The lowest BCUT2D eigenvalue weighted by atomic mass is 10.2. The first-order valence-electron chi connectivity index (χ1n) is 7.89. The molecule has 0 aromatic carbocycles. The van der Waals surface area contributed by atoms with Gasteiger partial charge in [0.25, 0.3) is 5.56 Å². The zero-order valence-corrected chi connectivity index (χ0v) is 13.9. The summed E-state index contributed by atoms with van der Waals surface area (Å²) in [6, 6.07) is 3.48. The molecule has 0 unspecified atom stereocenters. The Morgan fingerprint density at radius 1 is 1.38 bits per heavy atom. The summed E-state index contributed by atoms with van der Waals surface area (Å²) >= 11 is 0. The van der Waals surface area contributed by atoms with Crippen molar-refractivity contribution in [3.05, 3.63) is 39.9 Å². The third kappa shape index (κ3) is 4.11. The summed E-state index contributed by atoms with van der Waals surface area (Å²) in [5.41, 5.74) is 1.36. The molecule has 2 rings (SSSR count). The number of aromatic nitrogens is 2. The van der Waals surface area contributed by atoms with Gasteiger partial charge in [0.05, 0.1) is 13.7 Å². The molecule has 7 heteroatoms. The van der Waals surface area contributed by atoms with E-state index in [1.165, 1.54) is 11.5 Å². The van der Waals surface area contributed by atoms with E-state index < -0.39 is 0 Å². The van der Waals surface area contributed by atoms with Crippen molar-refractivity contribution in [2.45, 2.75) is 32.6 Å². The average molecular weight is 334 g/mol. The van der Waals surface area contributed by atoms with E-state index in [0.29, 0.717) is 48.5 Å². The summed E-state index contributed by atoms with van der Waals surface area (Å²) in [6.45, 7) is 2.07. The Labute approximate surface area is 139 Å². The maximum absolute atomic E-state index is 12.5. The van der Waals surface area contributed by atoms with Crippen molar-refractivity contribution in [1.29, 1.82) is 0 Å². The van der Waals surface area contributed by atoms with Crippen LogP contribution in [-0.2, 0) is 16.0 Å². The number of ether oxygens (including phenoxy) is 2. The molecule has 0 amide bonds. The highest BCUT2D eigenvalue weighted by molar-refractivity contribution is 5.68. The lowest BCUT2D eigenvalue weighted by molar-refractivity contribution is -0.140. The van der Waals surface area contributed by atoms with Gasteiger partial charge in [-0.3, -0.25) is 14.0 Å². The molecule has 2 aromatic rings. The summed E-state index contributed by atoms with van der Waals surface area (Å²) in [7, 11) is 1.37. The Kier molecular flexibility index (Phi) is 6.31. The minimum atomic E-state index is -0.236. The second kappa shape index (κ2) is 8.44. The van der Waals surface area contributed by atoms with Crippen LogP contribution in [0.1, 0.15) is 30.5 Å². The number of nitrogens with zero attached hydrogens (tertiary/aromatic N) is 2. The van der Waals surface area contributed by atoms with Crippen LogP contribution in [0.2, 0.25) is 0 Å². The van der Waals surface area contributed by atoms with Gasteiger partial charge in [0.1, 0.15) is 0 Å². The molecule has 0 aliphatic heterocycles. The monoisotopic (exact) mass is 334 g/mol. The Balaban J connectivity index is 2.14. The third-order valence-corrected chi connectivity index (χ3v) is 3.74. The van der Waals surface area contributed by atoms with Crippen LogP contribution in [0.25, 0.3) is 5.65 Å². The number of unbranched alkanes of at least 4 members (excludes halogenated alkanes) is 1. The molecule has 24 heavy (non-hydrogen) atoms. The predicted octanol–water partition coefficient (Wildman–Crippen LogP) is 1.26. The minimum absolute atomic E-state index is 0.0970. The topological polar surface area (TPSA) is 90.1 Å².